The molecule has 32 heavy (non-hydrogen) atoms. The van der Waals surface area contributed by atoms with E-state index in [1.54, 1.807) is 17.0 Å². The third-order valence-electron chi connectivity index (χ3n) is 5.62. The summed E-state index contributed by atoms with van der Waals surface area (Å²) in [6.45, 7) is 1.99. The molecular formula is C24H17BrN4O3. The van der Waals surface area contributed by atoms with Crippen LogP contribution in [0, 0.1) is 17.0 Å². The number of anilines is 1. The summed E-state index contributed by atoms with van der Waals surface area (Å²) >= 11 is 3.45. The van der Waals surface area contributed by atoms with Gasteiger partial charge in [0.25, 0.3) is 11.6 Å². The summed E-state index contributed by atoms with van der Waals surface area (Å²) in [7, 11) is 0. The maximum Gasteiger partial charge on any atom is 0.277 e. The van der Waals surface area contributed by atoms with Crippen LogP contribution < -0.4 is 4.90 Å². The predicted molar refractivity (Wildman–Crippen MR) is 125 cm³/mol. The number of amides is 1. The fourth-order valence-corrected chi connectivity index (χ4v) is 4.30. The first-order valence-electron chi connectivity index (χ1n) is 9.93. The van der Waals surface area contributed by atoms with Crippen LogP contribution in [0.2, 0.25) is 0 Å². The number of non-ortho nitro benzene ring substituents is 1. The van der Waals surface area contributed by atoms with E-state index in [-0.39, 0.29) is 11.6 Å². The normalized spacial score (nSPS) is 15.1. The SMILES string of the molecule is Cc1ccc(N2C(=O)c3[nH]nc(-c4ccc(Br)cc4)c3C2c2ccc([N+](=O)[O-])cc2)cc1. The summed E-state index contributed by atoms with van der Waals surface area (Å²) < 4.78 is 0.942. The van der Waals surface area contributed by atoms with Crippen LogP contribution in [0.15, 0.2) is 77.3 Å². The molecule has 158 valence electrons. The number of aromatic nitrogens is 2. The van der Waals surface area contributed by atoms with Gasteiger partial charge in [-0.15, -0.1) is 0 Å². The lowest BCUT2D eigenvalue weighted by atomic mass is 9.95. The second-order valence-corrected chi connectivity index (χ2v) is 8.55. The lowest BCUT2D eigenvalue weighted by Gasteiger charge is -2.26. The van der Waals surface area contributed by atoms with Gasteiger partial charge in [0.05, 0.1) is 16.7 Å². The Hall–Kier alpha value is -3.78. The van der Waals surface area contributed by atoms with Gasteiger partial charge in [-0.05, 0) is 48.9 Å². The molecule has 8 heteroatoms. The smallest absolute Gasteiger partial charge is 0.277 e. The highest BCUT2D eigenvalue weighted by Crippen LogP contribution is 2.45. The molecule has 0 saturated carbocycles. The molecule has 0 saturated heterocycles. The molecule has 0 bridgehead atoms. The average molecular weight is 489 g/mol. The molecule has 7 nitrogen and oxygen atoms in total. The van der Waals surface area contributed by atoms with E-state index in [4.69, 9.17) is 0 Å². The number of H-pyrrole nitrogens is 1. The molecule has 0 fully saturated rings. The zero-order chi connectivity index (χ0) is 22.4. The largest absolute Gasteiger partial charge is 0.295 e. The first kappa shape index (κ1) is 20.1. The molecule has 0 spiro atoms. The molecule has 1 aromatic heterocycles. The van der Waals surface area contributed by atoms with Crippen molar-refractivity contribution >= 4 is 33.2 Å². The Morgan fingerprint density at radius 1 is 1.00 bits per heavy atom. The van der Waals surface area contributed by atoms with Gasteiger partial charge in [-0.3, -0.25) is 24.9 Å². The number of nitrogens with one attached hydrogen (secondary N) is 1. The van der Waals surface area contributed by atoms with Crippen LogP contribution in [0.5, 0.6) is 0 Å². The van der Waals surface area contributed by atoms with Crippen LogP contribution in [0.3, 0.4) is 0 Å². The number of aryl methyl sites for hydroxylation is 1. The molecule has 1 N–H and O–H groups in total. The Balaban J connectivity index is 1.70. The van der Waals surface area contributed by atoms with Gasteiger partial charge in [0.1, 0.15) is 5.69 Å². The summed E-state index contributed by atoms with van der Waals surface area (Å²) in [5, 5.41) is 18.5. The monoisotopic (exact) mass is 488 g/mol. The van der Waals surface area contributed by atoms with Crippen molar-refractivity contribution in [2.45, 2.75) is 13.0 Å². The summed E-state index contributed by atoms with van der Waals surface area (Å²) in [6, 6.07) is 21.3. The molecular weight excluding hydrogens is 472 g/mol. The topological polar surface area (TPSA) is 92.1 Å². The Morgan fingerprint density at radius 3 is 2.28 bits per heavy atom. The van der Waals surface area contributed by atoms with E-state index >= 15 is 0 Å². The summed E-state index contributed by atoms with van der Waals surface area (Å²) in [6.07, 6.45) is 0. The molecule has 3 aromatic carbocycles. The fourth-order valence-electron chi connectivity index (χ4n) is 4.04. The van der Waals surface area contributed by atoms with E-state index < -0.39 is 11.0 Å². The number of nitro benzene ring substituents is 1. The Kier molecular flexibility index (Phi) is 4.86. The number of benzene rings is 3. The molecule has 0 aliphatic carbocycles. The van der Waals surface area contributed by atoms with Gasteiger partial charge in [0.15, 0.2) is 0 Å². The average Bonchev–Trinajstić information content (AvgIpc) is 3.34. The van der Waals surface area contributed by atoms with Gasteiger partial charge < -0.3 is 0 Å². The molecule has 4 aromatic rings. The van der Waals surface area contributed by atoms with E-state index in [9.17, 15) is 14.9 Å². The van der Waals surface area contributed by atoms with E-state index in [2.05, 4.69) is 26.1 Å². The van der Waals surface area contributed by atoms with Gasteiger partial charge >= 0.3 is 0 Å². The van der Waals surface area contributed by atoms with Gasteiger partial charge in [0.2, 0.25) is 0 Å². The van der Waals surface area contributed by atoms with Gasteiger partial charge in [-0.1, -0.05) is 45.8 Å². The molecule has 1 amide bonds. The second kappa shape index (κ2) is 7.72. The second-order valence-electron chi connectivity index (χ2n) is 7.63. The van der Waals surface area contributed by atoms with E-state index in [1.807, 2.05) is 55.5 Å². The molecule has 1 unspecified atom stereocenters. The first-order valence-corrected chi connectivity index (χ1v) is 10.7. The number of carbonyl (C=O) groups excluding carboxylic acids is 1. The Bertz CT molecular complexity index is 1330. The maximum absolute atomic E-state index is 13.5. The molecule has 2 heterocycles. The zero-order valence-electron chi connectivity index (χ0n) is 16.9. The number of nitrogens with zero attached hydrogens (tertiary/aromatic N) is 3. The van der Waals surface area contributed by atoms with Crippen molar-refractivity contribution in [1.82, 2.24) is 10.2 Å². The van der Waals surface area contributed by atoms with E-state index in [0.29, 0.717) is 11.4 Å². The highest BCUT2D eigenvalue weighted by molar-refractivity contribution is 9.10. The number of rotatable bonds is 4. The van der Waals surface area contributed by atoms with Crippen molar-refractivity contribution in [3.63, 3.8) is 0 Å². The minimum atomic E-state index is -0.474. The van der Waals surface area contributed by atoms with Crippen molar-refractivity contribution in [3.05, 3.63) is 110 Å². The number of carbonyl (C=O) groups is 1. The lowest BCUT2D eigenvalue weighted by molar-refractivity contribution is -0.384. The minimum absolute atomic E-state index is 0.000472. The van der Waals surface area contributed by atoms with Crippen LogP contribution in [0.1, 0.15) is 33.2 Å². The summed E-state index contributed by atoms with van der Waals surface area (Å²) in [5.74, 6) is -0.192. The third-order valence-corrected chi connectivity index (χ3v) is 6.15. The van der Waals surface area contributed by atoms with E-state index in [1.165, 1.54) is 12.1 Å². The lowest BCUT2D eigenvalue weighted by Crippen LogP contribution is -2.29. The van der Waals surface area contributed by atoms with Crippen LogP contribution >= 0.6 is 15.9 Å². The Morgan fingerprint density at radius 2 is 1.66 bits per heavy atom. The Labute approximate surface area is 192 Å². The van der Waals surface area contributed by atoms with Crippen LogP contribution in [0.4, 0.5) is 11.4 Å². The van der Waals surface area contributed by atoms with Crippen molar-refractivity contribution < 1.29 is 9.72 Å². The fraction of sp³-hybridized carbons (Fsp3) is 0.0833. The number of aromatic amines is 1. The molecule has 1 atom stereocenters. The van der Waals surface area contributed by atoms with Crippen LogP contribution in [-0.2, 0) is 0 Å². The molecule has 1 aliphatic heterocycles. The number of hydrogen-bond donors (Lipinski definition) is 1. The van der Waals surface area contributed by atoms with Crippen molar-refractivity contribution in [2.75, 3.05) is 4.90 Å². The van der Waals surface area contributed by atoms with Crippen molar-refractivity contribution in [2.24, 2.45) is 0 Å². The number of fused-ring (bicyclic) bond motifs is 1. The van der Waals surface area contributed by atoms with Gasteiger partial charge in [-0.2, -0.15) is 5.10 Å². The predicted octanol–water partition coefficient (Wildman–Crippen LogP) is 5.81. The van der Waals surface area contributed by atoms with Gasteiger partial charge in [0, 0.05) is 33.4 Å². The first-order chi connectivity index (χ1) is 15.4. The van der Waals surface area contributed by atoms with Crippen molar-refractivity contribution in [3.8, 4) is 11.3 Å². The molecule has 0 radical (unpaired) electrons. The summed E-state index contributed by atoms with van der Waals surface area (Å²) in [5.41, 5.74) is 5.33. The molecule has 1 aliphatic rings. The molecule has 5 rings (SSSR count). The van der Waals surface area contributed by atoms with Crippen LogP contribution in [0.25, 0.3) is 11.3 Å². The van der Waals surface area contributed by atoms with Crippen molar-refractivity contribution in [1.29, 1.82) is 0 Å². The number of halogens is 1. The zero-order valence-corrected chi connectivity index (χ0v) is 18.5. The highest BCUT2D eigenvalue weighted by Gasteiger charge is 2.43. The third kappa shape index (κ3) is 3.29. The van der Waals surface area contributed by atoms with Gasteiger partial charge in [-0.25, -0.2) is 0 Å². The van der Waals surface area contributed by atoms with Crippen LogP contribution in [-0.4, -0.2) is 21.0 Å². The quantitative estimate of drug-likeness (QED) is 0.290. The standard InChI is InChI=1S/C24H17BrN4O3/c1-14-2-10-18(11-3-14)28-23(16-6-12-19(13-7-16)29(31)32)20-21(26-27-22(20)24(28)30)15-4-8-17(25)9-5-15/h2-13,23H,1H3,(H,26,27). The summed E-state index contributed by atoms with van der Waals surface area (Å²) in [4.78, 5) is 25.9. The maximum atomic E-state index is 13.5. The highest BCUT2D eigenvalue weighted by atomic mass is 79.9. The van der Waals surface area contributed by atoms with E-state index in [0.717, 1.165) is 32.4 Å². The number of nitro groups is 1. The minimum Gasteiger partial charge on any atom is -0.295 e. The number of hydrogen-bond acceptors (Lipinski definition) is 4.